The van der Waals surface area contributed by atoms with E-state index in [-0.39, 0.29) is 5.25 Å². The van der Waals surface area contributed by atoms with Gasteiger partial charge in [-0.05, 0) is 12.8 Å². The van der Waals surface area contributed by atoms with Crippen LogP contribution in [0.3, 0.4) is 0 Å². The highest BCUT2D eigenvalue weighted by Crippen LogP contribution is 2.26. The van der Waals surface area contributed by atoms with Crippen LogP contribution in [0.15, 0.2) is 0 Å². The third-order valence-corrected chi connectivity index (χ3v) is 6.78. The van der Waals surface area contributed by atoms with E-state index >= 15 is 0 Å². The first-order valence-electron chi connectivity index (χ1n) is 7.19. The molecule has 0 radical (unpaired) electrons. The molecule has 19 heavy (non-hydrogen) atoms. The minimum absolute atomic E-state index is 0.217. The molecule has 0 aromatic rings. The Hall–Kier alpha value is -0.210. The van der Waals surface area contributed by atoms with Crippen LogP contribution in [-0.4, -0.2) is 81.4 Å². The van der Waals surface area contributed by atoms with E-state index < -0.39 is 10.0 Å². The molecule has 0 unspecified atom stereocenters. The zero-order valence-electron chi connectivity index (χ0n) is 11.3. The van der Waals surface area contributed by atoms with Crippen LogP contribution >= 0.6 is 0 Å². The second-order valence-corrected chi connectivity index (χ2v) is 7.83. The molecule has 0 amide bonds. The highest BCUT2D eigenvalue weighted by Gasteiger charge is 2.42. The van der Waals surface area contributed by atoms with Crippen molar-refractivity contribution in [3.63, 3.8) is 0 Å². The zero-order valence-corrected chi connectivity index (χ0v) is 12.1. The number of ether oxygens (including phenoxy) is 1. The third-order valence-electron chi connectivity index (χ3n) is 4.45. The van der Waals surface area contributed by atoms with Crippen LogP contribution in [0, 0.1) is 0 Å². The van der Waals surface area contributed by atoms with E-state index in [1.54, 1.807) is 4.31 Å². The lowest BCUT2D eigenvalue weighted by molar-refractivity contribution is 0.0713. The van der Waals surface area contributed by atoms with Crippen LogP contribution in [0.4, 0.5) is 0 Å². The van der Waals surface area contributed by atoms with Crippen molar-refractivity contribution >= 4 is 10.0 Å². The highest BCUT2D eigenvalue weighted by atomic mass is 32.2. The maximum Gasteiger partial charge on any atom is 0.217 e. The summed E-state index contributed by atoms with van der Waals surface area (Å²) in [6, 6.07) is 0.428. The summed E-state index contributed by atoms with van der Waals surface area (Å²) in [4.78, 5) is 2.41. The fourth-order valence-corrected chi connectivity index (χ4v) is 5.06. The molecule has 3 aliphatic rings. The smallest absolute Gasteiger partial charge is 0.217 e. The molecule has 0 aromatic heterocycles. The van der Waals surface area contributed by atoms with Gasteiger partial charge in [0.05, 0.1) is 5.25 Å². The first-order valence-corrected chi connectivity index (χ1v) is 8.70. The van der Waals surface area contributed by atoms with E-state index in [0.29, 0.717) is 45.2 Å². The van der Waals surface area contributed by atoms with Gasteiger partial charge in [0.15, 0.2) is 0 Å². The Kier molecular flexibility index (Phi) is 4.09. The largest absolute Gasteiger partial charge is 0.381 e. The number of hydrogen-bond acceptors (Lipinski definition) is 5. The normalized spacial score (nSPS) is 29.3. The van der Waals surface area contributed by atoms with Gasteiger partial charge in [-0.2, -0.15) is 4.31 Å². The predicted octanol–water partition coefficient (Wildman–Crippen LogP) is -0.915. The quantitative estimate of drug-likeness (QED) is 0.728. The monoisotopic (exact) mass is 289 g/mol. The van der Waals surface area contributed by atoms with Crippen molar-refractivity contribution in [2.24, 2.45) is 0 Å². The van der Waals surface area contributed by atoms with Crippen LogP contribution in [0.1, 0.15) is 12.8 Å². The molecule has 3 fully saturated rings. The minimum Gasteiger partial charge on any atom is -0.381 e. The summed E-state index contributed by atoms with van der Waals surface area (Å²) in [5.74, 6) is 0. The second kappa shape index (κ2) is 5.65. The molecule has 3 rings (SSSR count). The summed E-state index contributed by atoms with van der Waals surface area (Å²) in [6.45, 7) is 6.63. The van der Waals surface area contributed by atoms with E-state index in [1.165, 1.54) is 0 Å². The van der Waals surface area contributed by atoms with Crippen molar-refractivity contribution in [2.45, 2.75) is 24.1 Å². The van der Waals surface area contributed by atoms with Crippen molar-refractivity contribution in [3.05, 3.63) is 0 Å². The predicted molar refractivity (Wildman–Crippen MR) is 72.6 cm³/mol. The van der Waals surface area contributed by atoms with Gasteiger partial charge in [0.1, 0.15) is 0 Å². The first-order chi connectivity index (χ1) is 9.18. The lowest BCUT2D eigenvalue weighted by Gasteiger charge is -2.47. The maximum absolute atomic E-state index is 12.4. The Balaban J connectivity index is 1.54. The van der Waals surface area contributed by atoms with Gasteiger partial charge in [0.25, 0.3) is 0 Å². The highest BCUT2D eigenvalue weighted by molar-refractivity contribution is 7.89. The topological polar surface area (TPSA) is 61.9 Å². The summed E-state index contributed by atoms with van der Waals surface area (Å²) >= 11 is 0. The van der Waals surface area contributed by atoms with Crippen molar-refractivity contribution in [1.29, 1.82) is 0 Å². The molecule has 0 aromatic carbocycles. The molecule has 6 nitrogen and oxygen atoms in total. The van der Waals surface area contributed by atoms with Crippen molar-refractivity contribution in [1.82, 2.24) is 14.5 Å². The van der Waals surface area contributed by atoms with Gasteiger partial charge in [0, 0.05) is 58.5 Å². The summed E-state index contributed by atoms with van der Waals surface area (Å²) in [5.41, 5.74) is 0. The standard InChI is InChI=1S/C12H23N3O3S/c16-19(17,12-1-7-18-8-2-12)15-9-11(10-15)14-5-3-13-4-6-14/h11-13H,1-10H2. The number of nitrogens with zero attached hydrogens (tertiary/aromatic N) is 2. The van der Waals surface area contributed by atoms with Crippen molar-refractivity contribution in [3.8, 4) is 0 Å². The molecule has 0 aliphatic carbocycles. The van der Waals surface area contributed by atoms with Crippen LogP contribution in [0.2, 0.25) is 0 Å². The molecule has 0 saturated carbocycles. The molecule has 3 heterocycles. The Morgan fingerprint density at radius 1 is 1.05 bits per heavy atom. The molecular formula is C12H23N3O3S. The number of nitrogens with one attached hydrogen (secondary N) is 1. The van der Waals surface area contributed by atoms with E-state index in [2.05, 4.69) is 10.2 Å². The lowest BCUT2D eigenvalue weighted by atomic mass is 10.1. The summed E-state index contributed by atoms with van der Waals surface area (Å²) in [7, 11) is -3.09. The lowest BCUT2D eigenvalue weighted by Crippen LogP contribution is -2.65. The molecule has 3 saturated heterocycles. The molecule has 7 heteroatoms. The number of hydrogen-bond donors (Lipinski definition) is 1. The molecule has 0 atom stereocenters. The Morgan fingerprint density at radius 2 is 1.68 bits per heavy atom. The van der Waals surface area contributed by atoms with Crippen LogP contribution < -0.4 is 5.32 Å². The summed E-state index contributed by atoms with van der Waals surface area (Å²) in [6.07, 6.45) is 1.30. The molecule has 3 aliphatic heterocycles. The van der Waals surface area contributed by atoms with E-state index in [1.807, 2.05) is 0 Å². The van der Waals surface area contributed by atoms with Gasteiger partial charge in [-0.1, -0.05) is 0 Å². The van der Waals surface area contributed by atoms with E-state index in [4.69, 9.17) is 4.74 Å². The van der Waals surface area contributed by atoms with Gasteiger partial charge in [-0.3, -0.25) is 4.90 Å². The fraction of sp³-hybridized carbons (Fsp3) is 1.00. The molecule has 110 valence electrons. The van der Waals surface area contributed by atoms with E-state index in [0.717, 1.165) is 26.2 Å². The van der Waals surface area contributed by atoms with Gasteiger partial charge < -0.3 is 10.1 Å². The van der Waals surface area contributed by atoms with Gasteiger partial charge in [0.2, 0.25) is 10.0 Å². The first kappa shape index (κ1) is 13.8. The average Bonchev–Trinajstić information content (AvgIpc) is 2.39. The maximum atomic E-state index is 12.4. The Morgan fingerprint density at radius 3 is 2.32 bits per heavy atom. The zero-order chi connectivity index (χ0) is 13.3. The second-order valence-electron chi connectivity index (χ2n) is 5.61. The van der Waals surface area contributed by atoms with Crippen LogP contribution in [0.5, 0.6) is 0 Å². The van der Waals surface area contributed by atoms with Crippen molar-refractivity contribution < 1.29 is 13.2 Å². The average molecular weight is 289 g/mol. The van der Waals surface area contributed by atoms with Crippen molar-refractivity contribution in [2.75, 3.05) is 52.5 Å². The summed E-state index contributed by atoms with van der Waals surface area (Å²) < 4.78 is 31.8. The van der Waals surface area contributed by atoms with Crippen LogP contribution in [0.25, 0.3) is 0 Å². The molecule has 0 bridgehead atoms. The number of rotatable bonds is 3. The van der Waals surface area contributed by atoms with Gasteiger partial charge in [-0.15, -0.1) is 0 Å². The number of piperazine rings is 1. The SMILES string of the molecule is O=S(=O)(C1CCOCC1)N1CC(N2CCNCC2)C1. The van der Waals surface area contributed by atoms with E-state index in [9.17, 15) is 8.42 Å². The summed E-state index contributed by atoms with van der Waals surface area (Å²) in [5, 5.41) is 3.11. The molecule has 0 spiro atoms. The Bertz CT molecular complexity index is 396. The molecule has 1 N–H and O–H groups in total. The van der Waals surface area contributed by atoms with Gasteiger partial charge >= 0.3 is 0 Å². The molecular weight excluding hydrogens is 266 g/mol. The fourth-order valence-electron chi connectivity index (χ4n) is 3.09. The third kappa shape index (κ3) is 2.80. The minimum atomic E-state index is -3.09. The van der Waals surface area contributed by atoms with Gasteiger partial charge in [-0.25, -0.2) is 8.42 Å². The number of sulfonamides is 1. The van der Waals surface area contributed by atoms with Crippen LogP contribution in [-0.2, 0) is 14.8 Å². The Labute approximate surface area is 115 Å².